The monoisotopic (exact) mass is 293 g/mol. The summed E-state index contributed by atoms with van der Waals surface area (Å²) in [6, 6.07) is 6.97. The van der Waals surface area contributed by atoms with Gasteiger partial charge in [0.25, 0.3) is 6.43 Å². The number of carbonyl (C=O) groups is 1. The van der Waals surface area contributed by atoms with Gasteiger partial charge >= 0.3 is 0 Å². The standard InChI is InChI=1S/C15H17F2N3O/c1-9-4-5-10(2)12(6-9)18-14(21)8-20-13(15(16)17)7-11(3)19-20/h4-7,15H,8H2,1-3H3,(H,18,21). The third-order valence-corrected chi connectivity index (χ3v) is 3.12. The first-order valence-corrected chi connectivity index (χ1v) is 6.56. The Hall–Kier alpha value is -2.24. The number of hydrogen-bond acceptors (Lipinski definition) is 2. The van der Waals surface area contributed by atoms with Crippen molar-refractivity contribution >= 4 is 11.6 Å². The van der Waals surface area contributed by atoms with Gasteiger partial charge in [-0.1, -0.05) is 12.1 Å². The van der Waals surface area contributed by atoms with E-state index in [9.17, 15) is 13.6 Å². The van der Waals surface area contributed by atoms with Gasteiger partial charge < -0.3 is 5.32 Å². The van der Waals surface area contributed by atoms with Crippen LogP contribution in [0, 0.1) is 20.8 Å². The average molecular weight is 293 g/mol. The van der Waals surface area contributed by atoms with Crippen LogP contribution in [0.25, 0.3) is 0 Å². The molecule has 2 rings (SSSR count). The summed E-state index contributed by atoms with van der Waals surface area (Å²) in [5.74, 6) is -0.381. The van der Waals surface area contributed by atoms with E-state index in [0.717, 1.165) is 15.8 Å². The van der Waals surface area contributed by atoms with E-state index >= 15 is 0 Å². The topological polar surface area (TPSA) is 46.9 Å². The minimum Gasteiger partial charge on any atom is -0.324 e. The highest BCUT2D eigenvalue weighted by Crippen LogP contribution is 2.20. The fourth-order valence-electron chi connectivity index (χ4n) is 2.06. The molecule has 0 unspecified atom stereocenters. The lowest BCUT2D eigenvalue weighted by atomic mass is 10.1. The molecule has 112 valence electrons. The van der Waals surface area contributed by atoms with Crippen molar-refractivity contribution in [1.29, 1.82) is 0 Å². The van der Waals surface area contributed by atoms with Crippen molar-refractivity contribution in [3.8, 4) is 0 Å². The predicted octanol–water partition coefficient (Wildman–Crippen LogP) is 3.38. The zero-order valence-corrected chi connectivity index (χ0v) is 12.2. The SMILES string of the molecule is Cc1ccc(C)c(NC(=O)Cn2nc(C)cc2C(F)F)c1. The maximum Gasteiger partial charge on any atom is 0.280 e. The van der Waals surface area contributed by atoms with Crippen LogP contribution in [0.15, 0.2) is 24.3 Å². The smallest absolute Gasteiger partial charge is 0.280 e. The van der Waals surface area contributed by atoms with Crippen LogP contribution in [0.5, 0.6) is 0 Å². The normalized spacial score (nSPS) is 11.0. The van der Waals surface area contributed by atoms with Crippen LogP contribution in [-0.4, -0.2) is 15.7 Å². The summed E-state index contributed by atoms with van der Waals surface area (Å²) in [7, 11) is 0. The van der Waals surface area contributed by atoms with Crippen molar-refractivity contribution in [2.45, 2.75) is 33.7 Å². The van der Waals surface area contributed by atoms with Gasteiger partial charge in [-0.15, -0.1) is 0 Å². The van der Waals surface area contributed by atoms with Crippen LogP contribution in [0.2, 0.25) is 0 Å². The Morgan fingerprint density at radius 1 is 1.29 bits per heavy atom. The molecule has 0 aliphatic heterocycles. The molecule has 1 N–H and O–H groups in total. The van der Waals surface area contributed by atoms with Gasteiger partial charge in [0, 0.05) is 5.69 Å². The molecule has 2 aromatic rings. The zero-order chi connectivity index (χ0) is 15.6. The number of halogens is 2. The first-order valence-electron chi connectivity index (χ1n) is 6.56. The number of hydrogen-bond donors (Lipinski definition) is 1. The van der Waals surface area contributed by atoms with Crippen molar-refractivity contribution in [2.75, 3.05) is 5.32 Å². The van der Waals surface area contributed by atoms with Crippen LogP contribution >= 0.6 is 0 Å². The second-order valence-corrected chi connectivity index (χ2v) is 5.04. The van der Waals surface area contributed by atoms with E-state index in [1.165, 1.54) is 6.07 Å². The Kier molecular flexibility index (Phi) is 4.35. The number of rotatable bonds is 4. The number of anilines is 1. The molecule has 0 saturated heterocycles. The fraction of sp³-hybridized carbons (Fsp3) is 0.333. The summed E-state index contributed by atoms with van der Waals surface area (Å²) in [6.45, 7) is 5.17. The van der Waals surface area contributed by atoms with Gasteiger partial charge in [-0.2, -0.15) is 5.10 Å². The Morgan fingerprint density at radius 3 is 2.67 bits per heavy atom. The van der Waals surface area contributed by atoms with E-state index in [-0.39, 0.29) is 18.1 Å². The van der Waals surface area contributed by atoms with E-state index in [0.29, 0.717) is 11.4 Å². The fourth-order valence-corrected chi connectivity index (χ4v) is 2.06. The Balaban J connectivity index is 2.13. The van der Waals surface area contributed by atoms with Gasteiger partial charge in [0.1, 0.15) is 12.2 Å². The summed E-state index contributed by atoms with van der Waals surface area (Å²) in [5.41, 5.74) is 2.83. The molecular formula is C15H17F2N3O. The summed E-state index contributed by atoms with van der Waals surface area (Å²) < 4.78 is 26.7. The van der Waals surface area contributed by atoms with Gasteiger partial charge in [0.2, 0.25) is 5.91 Å². The molecule has 1 heterocycles. The largest absolute Gasteiger partial charge is 0.324 e. The molecular weight excluding hydrogens is 276 g/mol. The van der Waals surface area contributed by atoms with E-state index in [4.69, 9.17) is 0 Å². The molecule has 0 aliphatic carbocycles. The molecule has 1 aromatic carbocycles. The van der Waals surface area contributed by atoms with E-state index in [1.54, 1.807) is 6.92 Å². The Morgan fingerprint density at radius 2 is 2.00 bits per heavy atom. The van der Waals surface area contributed by atoms with Gasteiger partial charge in [0.15, 0.2) is 0 Å². The number of alkyl halides is 2. The Labute approximate surface area is 121 Å². The number of benzene rings is 1. The van der Waals surface area contributed by atoms with Gasteiger partial charge in [-0.25, -0.2) is 8.78 Å². The van der Waals surface area contributed by atoms with Crippen LogP contribution in [-0.2, 0) is 11.3 Å². The molecule has 0 saturated carbocycles. The quantitative estimate of drug-likeness (QED) is 0.939. The van der Waals surface area contributed by atoms with Crippen LogP contribution in [0.3, 0.4) is 0 Å². The van der Waals surface area contributed by atoms with Crippen molar-refractivity contribution in [3.05, 3.63) is 46.8 Å². The second-order valence-electron chi connectivity index (χ2n) is 5.04. The molecule has 0 bridgehead atoms. The molecule has 0 aliphatic rings. The first kappa shape index (κ1) is 15.2. The summed E-state index contributed by atoms with van der Waals surface area (Å²) in [5, 5.41) is 6.66. The van der Waals surface area contributed by atoms with Crippen LogP contribution < -0.4 is 5.32 Å². The van der Waals surface area contributed by atoms with Crippen molar-refractivity contribution in [1.82, 2.24) is 9.78 Å². The van der Waals surface area contributed by atoms with Crippen LogP contribution in [0.4, 0.5) is 14.5 Å². The lowest BCUT2D eigenvalue weighted by Crippen LogP contribution is -2.21. The molecule has 0 atom stereocenters. The van der Waals surface area contributed by atoms with Gasteiger partial charge in [-0.3, -0.25) is 9.48 Å². The summed E-state index contributed by atoms with van der Waals surface area (Å²) in [6.07, 6.45) is -2.65. The summed E-state index contributed by atoms with van der Waals surface area (Å²) in [4.78, 5) is 12.0. The maximum atomic E-state index is 12.8. The summed E-state index contributed by atoms with van der Waals surface area (Å²) >= 11 is 0. The second kappa shape index (κ2) is 6.03. The third kappa shape index (κ3) is 3.65. The molecule has 1 amide bonds. The lowest BCUT2D eigenvalue weighted by molar-refractivity contribution is -0.117. The van der Waals surface area contributed by atoms with Crippen molar-refractivity contribution in [2.24, 2.45) is 0 Å². The lowest BCUT2D eigenvalue weighted by Gasteiger charge is -2.10. The molecule has 0 spiro atoms. The van der Waals surface area contributed by atoms with Gasteiger partial charge in [0.05, 0.1) is 5.69 Å². The van der Waals surface area contributed by atoms with E-state index in [2.05, 4.69) is 10.4 Å². The van der Waals surface area contributed by atoms with E-state index in [1.807, 2.05) is 32.0 Å². The minimum atomic E-state index is -2.65. The third-order valence-electron chi connectivity index (χ3n) is 3.12. The highest BCUT2D eigenvalue weighted by Gasteiger charge is 2.17. The molecule has 1 aromatic heterocycles. The van der Waals surface area contributed by atoms with Crippen molar-refractivity contribution < 1.29 is 13.6 Å². The Bertz CT molecular complexity index is 665. The number of aromatic nitrogens is 2. The predicted molar refractivity (Wildman–Crippen MR) is 76.5 cm³/mol. The molecule has 0 radical (unpaired) electrons. The average Bonchev–Trinajstić information content (AvgIpc) is 2.75. The highest BCUT2D eigenvalue weighted by molar-refractivity contribution is 5.91. The maximum absolute atomic E-state index is 12.8. The molecule has 6 heteroatoms. The first-order chi connectivity index (χ1) is 9.86. The number of carbonyl (C=O) groups excluding carboxylic acids is 1. The minimum absolute atomic E-state index is 0.235. The number of aryl methyl sites for hydroxylation is 3. The van der Waals surface area contributed by atoms with Gasteiger partial charge in [-0.05, 0) is 44.0 Å². The number of amides is 1. The highest BCUT2D eigenvalue weighted by atomic mass is 19.3. The molecule has 0 fully saturated rings. The number of nitrogens with one attached hydrogen (secondary N) is 1. The molecule has 21 heavy (non-hydrogen) atoms. The number of nitrogens with zero attached hydrogens (tertiary/aromatic N) is 2. The molecule has 4 nitrogen and oxygen atoms in total. The zero-order valence-electron chi connectivity index (χ0n) is 12.2. The van der Waals surface area contributed by atoms with Crippen LogP contribution in [0.1, 0.15) is 28.9 Å². The van der Waals surface area contributed by atoms with E-state index < -0.39 is 6.43 Å². The van der Waals surface area contributed by atoms with Crippen molar-refractivity contribution in [3.63, 3.8) is 0 Å².